The Morgan fingerprint density at radius 1 is 0.560 bits per heavy atom. The molecule has 0 radical (unpaired) electrons. The van der Waals surface area contributed by atoms with Gasteiger partial charge in [-0.2, -0.15) is 30.0 Å². The molecule has 380 valence electrons. The topological polar surface area (TPSA) is 136 Å². The van der Waals surface area contributed by atoms with Gasteiger partial charge in [-0.3, -0.25) is 4.79 Å². The second-order valence-electron chi connectivity index (χ2n) is 17.8. The summed E-state index contributed by atoms with van der Waals surface area (Å²) in [5.74, 6) is 0.348. The van der Waals surface area contributed by atoms with Crippen molar-refractivity contribution in [3.8, 4) is 22.3 Å². The van der Waals surface area contributed by atoms with Gasteiger partial charge in [-0.05, 0) is 103 Å². The van der Waals surface area contributed by atoms with Crippen LogP contribution in [0.5, 0.6) is 0 Å². The van der Waals surface area contributed by atoms with Gasteiger partial charge < -0.3 is 30.8 Å². The van der Waals surface area contributed by atoms with Crippen LogP contribution in [0.1, 0.15) is 68.1 Å². The van der Waals surface area contributed by atoms with Crippen molar-refractivity contribution >= 4 is 62.7 Å². The summed E-state index contributed by atoms with van der Waals surface area (Å²) in [6.07, 6.45) is 5.70. The second-order valence-corrected chi connectivity index (χ2v) is 17.8. The molecule has 0 N–H and O–H groups in total. The fraction of sp³-hybridized carbons (Fsp3) is 0.283. The maximum atomic E-state index is 8.64. The monoisotopic (exact) mass is 1060 g/mol. The zero-order chi connectivity index (χ0) is 51.2. The van der Waals surface area contributed by atoms with Crippen molar-refractivity contribution in [2.24, 2.45) is 5.92 Å². The Morgan fingerprint density at radius 2 is 0.947 bits per heavy atom. The molecule has 7 aromatic carbocycles. The average molecular weight is 1060 g/mol. The number of carbonyl (C=O) groups excluding carboxylic acids is 1. The first-order chi connectivity index (χ1) is 35.9. The number of benzene rings is 7. The smallest absolute Gasteiger partial charge is 1.00 e. The minimum absolute atomic E-state index is 0. The molecule has 15 heteroatoms. The first-order valence-corrected chi connectivity index (χ1v) is 25.4. The molecule has 0 aliphatic rings. The van der Waals surface area contributed by atoms with Gasteiger partial charge in [-0.25, -0.2) is 0 Å². The molecule has 13 nitrogen and oxygen atoms in total. The molecule has 0 saturated carbocycles. The summed E-state index contributed by atoms with van der Waals surface area (Å²) < 4.78 is 11.2. The van der Waals surface area contributed by atoms with Gasteiger partial charge >= 0.3 is 103 Å². The largest absolute Gasteiger partial charge is 1.00 e. The zero-order valence-corrected chi connectivity index (χ0v) is 51.0. The van der Waals surface area contributed by atoms with E-state index in [0.29, 0.717) is 25.6 Å². The van der Waals surface area contributed by atoms with Crippen LogP contribution in [0.15, 0.2) is 170 Å². The van der Waals surface area contributed by atoms with E-state index in [0.717, 1.165) is 118 Å². The molecule has 0 saturated heterocycles. The summed E-state index contributed by atoms with van der Waals surface area (Å²) in [4.78, 5) is 19.4. The van der Waals surface area contributed by atoms with Crippen molar-refractivity contribution in [1.82, 2.24) is 25.2 Å². The number of carbonyl (C=O) groups is 1. The fourth-order valence-electron chi connectivity index (χ4n) is 8.39. The van der Waals surface area contributed by atoms with E-state index < -0.39 is 0 Å². The molecule has 2 heterocycles. The Hall–Kier alpha value is -4.44. The van der Waals surface area contributed by atoms with E-state index >= 15 is 0 Å². The molecule has 0 amide bonds. The number of hydrogen-bond acceptors (Lipinski definition) is 10. The van der Waals surface area contributed by atoms with Gasteiger partial charge in [0.1, 0.15) is 11.0 Å². The minimum Gasteiger partial charge on any atom is -1.00 e. The van der Waals surface area contributed by atoms with Crippen LogP contribution in [0, 0.1) is 5.92 Å². The molecule has 9 aromatic rings. The van der Waals surface area contributed by atoms with Gasteiger partial charge in [0, 0.05) is 82.0 Å². The van der Waals surface area contributed by atoms with E-state index in [-0.39, 0.29) is 111 Å². The number of nitrogens with zero attached hydrogens (tertiary/aromatic N) is 8. The Kier molecular flexibility index (Phi) is 27.0. The number of ether oxygens (including phenoxy) is 2. The van der Waals surface area contributed by atoms with Crippen molar-refractivity contribution in [3.63, 3.8) is 0 Å². The maximum Gasteiger partial charge on any atom is 1.00 e. The van der Waals surface area contributed by atoms with Gasteiger partial charge in [0.25, 0.3) is 6.47 Å². The van der Waals surface area contributed by atoms with E-state index in [4.69, 9.17) is 39.9 Å². The SMILES string of the molecule is CCCCOCCC.CCCCOCCn1nc2c(-c3ccc(N(c4ccccc4)c4ccccc4)cc3)c3n[n+](CC(C)C)[n-]c3c(-c3ccc(N(c4ccccc4)c4ccccc4)cc3)c2n1.O=CO[O-].[H-].[K+].[K+]. The van der Waals surface area contributed by atoms with Crippen molar-refractivity contribution < 1.29 is 133 Å². The molecule has 0 aliphatic carbocycles. The van der Waals surface area contributed by atoms with E-state index in [9.17, 15) is 0 Å². The summed E-state index contributed by atoms with van der Waals surface area (Å²) in [6, 6.07) is 59.3. The molecule has 0 aliphatic heterocycles. The van der Waals surface area contributed by atoms with Gasteiger partial charge in [0.05, 0.1) is 13.2 Å². The molecular weight excluding hydrogens is 991 g/mol. The molecule has 75 heavy (non-hydrogen) atoms. The van der Waals surface area contributed by atoms with Gasteiger partial charge in [-0.15, -0.1) is 0 Å². The molecule has 9 rings (SSSR count). The number of aromatic nitrogens is 6. The van der Waals surface area contributed by atoms with Crippen LogP contribution >= 0.6 is 0 Å². The van der Waals surface area contributed by atoms with E-state index in [2.05, 4.69) is 195 Å². The first kappa shape index (κ1) is 61.4. The number of para-hydroxylation sites is 4. The van der Waals surface area contributed by atoms with Crippen molar-refractivity contribution in [1.29, 1.82) is 0 Å². The molecule has 0 unspecified atom stereocenters. The van der Waals surface area contributed by atoms with Crippen molar-refractivity contribution in [2.45, 2.75) is 79.8 Å². The Morgan fingerprint density at radius 3 is 1.33 bits per heavy atom. The zero-order valence-electron chi connectivity index (χ0n) is 45.7. The molecule has 2 aromatic heterocycles. The maximum absolute atomic E-state index is 8.64. The van der Waals surface area contributed by atoms with Crippen LogP contribution in [0.3, 0.4) is 0 Å². The number of unbranched alkanes of at least 4 members (excludes halogenated alkanes) is 2. The summed E-state index contributed by atoms with van der Waals surface area (Å²) >= 11 is 0. The predicted molar refractivity (Wildman–Crippen MR) is 291 cm³/mol. The Labute approximate surface area is 528 Å². The normalized spacial score (nSPS) is 10.7. The van der Waals surface area contributed by atoms with Crippen LogP contribution in [0.2, 0.25) is 0 Å². The molecule has 0 fully saturated rings. The third-order valence-electron chi connectivity index (χ3n) is 11.8. The second kappa shape index (κ2) is 33.0. The third-order valence-corrected chi connectivity index (χ3v) is 11.8. The van der Waals surface area contributed by atoms with Gasteiger partial charge in [-0.1, -0.05) is 145 Å². The standard InChI is InChI=1S/C52H50N8O.C7H16O.CH2O3.2K.H/c1-4-5-35-61-36-34-57-53-49-47(39-26-30-45(31-27-39)59(41-18-10-6-11-19-41)42-20-12-7-13-21-42)51-52(56-58(55-51)37-38(2)3)48(50(49)54-57)40-28-32-46(33-29-40)60(43-22-14-8-15-23-43)44-24-16-9-17-25-44;1-3-5-7-8-6-4-2;2-1-4-3;;;/h6-33,38H,4-5,34-37H2,1-3H3;3-7H2,1-2H3;1,3H;;;/q;;;2*+1;-1/p-1. The minimum atomic E-state index is -0.181. The van der Waals surface area contributed by atoms with Crippen LogP contribution in [-0.2, 0) is 32.2 Å². The van der Waals surface area contributed by atoms with Crippen LogP contribution in [0.25, 0.3) is 44.3 Å². The van der Waals surface area contributed by atoms with E-state index in [1.165, 1.54) is 12.8 Å². The molecule has 0 bridgehead atoms. The van der Waals surface area contributed by atoms with Crippen molar-refractivity contribution in [2.75, 3.05) is 36.2 Å². The van der Waals surface area contributed by atoms with Gasteiger partial charge in [0.2, 0.25) is 0 Å². The molecule has 0 atom stereocenters. The number of hydrogen-bond donors (Lipinski definition) is 0. The number of anilines is 6. The Bertz CT molecular complexity index is 2760. The summed E-state index contributed by atoms with van der Waals surface area (Å²) in [5, 5.41) is 29.3. The Balaban J connectivity index is 0.000000750. The molecular formula is C60H68K2N8O5. The number of rotatable bonds is 22. The van der Waals surface area contributed by atoms with Crippen LogP contribution < -0.4 is 128 Å². The summed E-state index contributed by atoms with van der Waals surface area (Å²) in [7, 11) is 0. The summed E-state index contributed by atoms with van der Waals surface area (Å²) in [5.41, 5.74) is 13.4. The first-order valence-electron chi connectivity index (χ1n) is 25.4. The van der Waals surface area contributed by atoms with Crippen LogP contribution in [0.4, 0.5) is 34.1 Å². The quantitative estimate of drug-likeness (QED) is 0.0179. The van der Waals surface area contributed by atoms with Crippen molar-refractivity contribution in [3.05, 3.63) is 170 Å². The summed E-state index contributed by atoms with van der Waals surface area (Å²) in [6.45, 7) is 15.0. The predicted octanol–water partition coefficient (Wildman–Crippen LogP) is 6.74. The average Bonchev–Trinajstić information content (AvgIpc) is 4.10. The van der Waals surface area contributed by atoms with Gasteiger partial charge in [0.15, 0.2) is 6.54 Å². The molecule has 0 spiro atoms. The van der Waals surface area contributed by atoms with Crippen LogP contribution in [-0.4, -0.2) is 53.0 Å². The number of fused-ring (bicyclic) bond motifs is 2. The van der Waals surface area contributed by atoms with E-state index in [1.807, 2.05) is 29.1 Å². The van der Waals surface area contributed by atoms with E-state index in [1.54, 1.807) is 4.80 Å². The third kappa shape index (κ3) is 17.0. The fourth-order valence-corrected chi connectivity index (χ4v) is 8.39.